The van der Waals surface area contributed by atoms with Crippen LogP contribution in [0.25, 0.3) is 0 Å². The van der Waals surface area contributed by atoms with Gasteiger partial charge in [-0.05, 0) is 6.42 Å². The summed E-state index contributed by atoms with van der Waals surface area (Å²) in [7, 11) is 0. The summed E-state index contributed by atoms with van der Waals surface area (Å²) in [5, 5.41) is 56.9. The van der Waals surface area contributed by atoms with Crippen LogP contribution < -0.4 is 0 Å². The maximum absolute atomic E-state index is 12.0. The van der Waals surface area contributed by atoms with E-state index in [1.807, 2.05) is 0 Å². The number of rotatable bonds is 6. The van der Waals surface area contributed by atoms with Crippen molar-refractivity contribution < 1.29 is 40.2 Å². The maximum atomic E-state index is 12.0. The smallest absolute Gasteiger partial charge is 0.170 e. The molecule has 0 aliphatic heterocycles. The normalized spacial score (nSPS) is 10.6. The van der Waals surface area contributed by atoms with Crippen LogP contribution in [0, 0.1) is 0 Å². The number of carbonyl (C=O) groups is 2. The molecule has 0 aromatic heterocycles. The van der Waals surface area contributed by atoms with Gasteiger partial charge in [-0.1, -0.05) is 0 Å². The lowest BCUT2D eigenvalue weighted by molar-refractivity contribution is 0.0952. The van der Waals surface area contributed by atoms with Crippen molar-refractivity contribution in [3.05, 3.63) is 35.4 Å². The van der Waals surface area contributed by atoms with E-state index in [2.05, 4.69) is 0 Å². The molecule has 2 aromatic rings. The lowest BCUT2D eigenvalue weighted by Crippen LogP contribution is -2.04. The largest absolute Gasteiger partial charge is 0.508 e. The quantitative estimate of drug-likeness (QED) is 0.434. The molecule has 0 fully saturated rings. The molecule has 0 saturated carbocycles. The monoisotopic (exact) mass is 348 g/mol. The Balaban J connectivity index is 2.04. The summed E-state index contributed by atoms with van der Waals surface area (Å²) in [6.45, 7) is 0. The molecule has 0 radical (unpaired) electrons. The van der Waals surface area contributed by atoms with E-state index in [1.165, 1.54) is 0 Å². The molecular formula is C17H16O8. The highest BCUT2D eigenvalue weighted by Crippen LogP contribution is 2.34. The summed E-state index contributed by atoms with van der Waals surface area (Å²) in [5.74, 6) is -4.40. The first-order valence-electron chi connectivity index (χ1n) is 7.27. The Morgan fingerprint density at radius 3 is 1.16 bits per heavy atom. The molecule has 0 atom stereocenters. The van der Waals surface area contributed by atoms with Crippen molar-refractivity contribution in [3.8, 4) is 34.5 Å². The Morgan fingerprint density at radius 1 is 0.600 bits per heavy atom. The Hall–Kier alpha value is -3.42. The Labute approximate surface area is 141 Å². The van der Waals surface area contributed by atoms with Crippen LogP contribution in [0.2, 0.25) is 0 Å². The molecule has 2 rings (SSSR count). The third kappa shape index (κ3) is 3.92. The van der Waals surface area contributed by atoms with Gasteiger partial charge in [0.25, 0.3) is 0 Å². The molecule has 0 saturated heterocycles. The van der Waals surface area contributed by atoms with Gasteiger partial charge in [0.1, 0.15) is 45.6 Å². The fourth-order valence-electron chi connectivity index (χ4n) is 2.43. The van der Waals surface area contributed by atoms with E-state index < -0.39 is 46.1 Å². The van der Waals surface area contributed by atoms with Gasteiger partial charge in [-0.15, -0.1) is 0 Å². The second-order valence-corrected chi connectivity index (χ2v) is 5.42. The first-order chi connectivity index (χ1) is 11.7. The molecule has 0 bridgehead atoms. The first-order valence-corrected chi connectivity index (χ1v) is 7.27. The predicted molar refractivity (Wildman–Crippen MR) is 85.4 cm³/mol. The van der Waals surface area contributed by atoms with Crippen molar-refractivity contribution in [2.24, 2.45) is 0 Å². The molecule has 132 valence electrons. The number of phenols is 6. The van der Waals surface area contributed by atoms with E-state index in [4.69, 9.17) is 0 Å². The van der Waals surface area contributed by atoms with E-state index in [1.54, 1.807) is 0 Å². The van der Waals surface area contributed by atoms with Crippen LogP contribution in [-0.4, -0.2) is 42.2 Å². The molecular weight excluding hydrogens is 332 g/mol. The number of ketones is 2. The van der Waals surface area contributed by atoms with Gasteiger partial charge in [0.2, 0.25) is 0 Å². The van der Waals surface area contributed by atoms with Gasteiger partial charge in [0.15, 0.2) is 11.6 Å². The number of benzene rings is 2. The van der Waals surface area contributed by atoms with E-state index >= 15 is 0 Å². The van der Waals surface area contributed by atoms with Gasteiger partial charge in [0.05, 0.1) is 0 Å². The number of hydrogen-bond donors (Lipinski definition) is 6. The topological polar surface area (TPSA) is 156 Å². The molecule has 2 aromatic carbocycles. The summed E-state index contributed by atoms with van der Waals surface area (Å²) in [6, 6.07) is 3.63. The molecule has 0 amide bonds. The van der Waals surface area contributed by atoms with Crippen LogP contribution in [0.5, 0.6) is 34.5 Å². The first kappa shape index (κ1) is 17.9. The third-order valence-electron chi connectivity index (χ3n) is 3.53. The van der Waals surface area contributed by atoms with Crippen molar-refractivity contribution in [2.75, 3.05) is 0 Å². The third-order valence-corrected chi connectivity index (χ3v) is 3.53. The fraction of sp³-hybridized carbons (Fsp3) is 0.176. The number of aromatic hydroxyl groups is 6. The zero-order valence-corrected chi connectivity index (χ0v) is 12.9. The van der Waals surface area contributed by atoms with E-state index in [0.29, 0.717) is 0 Å². The van der Waals surface area contributed by atoms with Crippen molar-refractivity contribution in [1.29, 1.82) is 0 Å². The lowest BCUT2D eigenvalue weighted by Gasteiger charge is -2.08. The molecule has 0 aliphatic rings. The van der Waals surface area contributed by atoms with Crippen LogP contribution in [0.1, 0.15) is 40.0 Å². The van der Waals surface area contributed by atoms with Gasteiger partial charge in [0, 0.05) is 37.1 Å². The van der Waals surface area contributed by atoms with Crippen molar-refractivity contribution >= 4 is 11.6 Å². The molecule has 6 N–H and O–H groups in total. The van der Waals surface area contributed by atoms with E-state index in [0.717, 1.165) is 24.3 Å². The summed E-state index contributed by atoms with van der Waals surface area (Å²) < 4.78 is 0. The summed E-state index contributed by atoms with van der Waals surface area (Å²) >= 11 is 0. The van der Waals surface area contributed by atoms with Crippen molar-refractivity contribution in [1.82, 2.24) is 0 Å². The van der Waals surface area contributed by atoms with E-state index in [-0.39, 0.29) is 30.4 Å². The average molecular weight is 348 g/mol. The predicted octanol–water partition coefficient (Wildman–Crippen LogP) is 2.16. The fourth-order valence-corrected chi connectivity index (χ4v) is 2.43. The second-order valence-electron chi connectivity index (χ2n) is 5.42. The molecule has 0 spiro atoms. The van der Waals surface area contributed by atoms with Crippen LogP contribution in [0.3, 0.4) is 0 Å². The zero-order chi connectivity index (χ0) is 18.7. The van der Waals surface area contributed by atoms with Crippen molar-refractivity contribution in [2.45, 2.75) is 19.3 Å². The highest BCUT2D eigenvalue weighted by atomic mass is 16.3. The molecule has 0 aliphatic carbocycles. The summed E-state index contributed by atoms with van der Waals surface area (Å²) in [6.07, 6.45) is -0.369. The highest BCUT2D eigenvalue weighted by molar-refractivity contribution is 6.03. The summed E-state index contributed by atoms with van der Waals surface area (Å²) in [4.78, 5) is 24.1. The Bertz CT molecular complexity index is 725. The SMILES string of the molecule is O=C(CCCC(=O)c1c(O)cc(O)cc1O)c1c(O)cc(O)cc1O. The molecule has 8 heteroatoms. The van der Waals surface area contributed by atoms with E-state index in [9.17, 15) is 40.2 Å². The Morgan fingerprint density at radius 2 is 0.880 bits per heavy atom. The number of Topliss-reactive ketones (excluding diaryl/α,β-unsaturated/α-hetero) is 2. The zero-order valence-electron chi connectivity index (χ0n) is 12.9. The van der Waals surface area contributed by atoms with Gasteiger partial charge < -0.3 is 30.6 Å². The second kappa shape index (κ2) is 7.00. The Kier molecular flexibility index (Phi) is 5.02. The molecule has 0 unspecified atom stereocenters. The molecule has 0 heterocycles. The van der Waals surface area contributed by atoms with Gasteiger partial charge in [-0.25, -0.2) is 0 Å². The number of phenolic OH excluding ortho intramolecular Hbond substituents is 6. The minimum Gasteiger partial charge on any atom is -0.508 e. The van der Waals surface area contributed by atoms with Crippen LogP contribution in [-0.2, 0) is 0 Å². The van der Waals surface area contributed by atoms with Crippen LogP contribution >= 0.6 is 0 Å². The number of hydrogen-bond acceptors (Lipinski definition) is 8. The van der Waals surface area contributed by atoms with Gasteiger partial charge in [-0.3, -0.25) is 9.59 Å². The highest BCUT2D eigenvalue weighted by Gasteiger charge is 2.20. The minimum atomic E-state index is -0.637. The van der Waals surface area contributed by atoms with Crippen LogP contribution in [0.15, 0.2) is 24.3 Å². The summed E-state index contributed by atoms with van der Waals surface area (Å²) in [5.41, 5.74) is -0.721. The molecule has 8 nitrogen and oxygen atoms in total. The number of carbonyl (C=O) groups excluding carboxylic acids is 2. The maximum Gasteiger partial charge on any atom is 0.170 e. The standard InChI is InChI=1S/C17H16O8/c18-8-4-12(22)16(13(23)5-8)10(20)2-1-3-11(21)17-14(24)6-9(19)7-15(17)25/h4-7,18-19,22-25H,1-3H2. The lowest BCUT2D eigenvalue weighted by atomic mass is 9.99. The molecule has 25 heavy (non-hydrogen) atoms. The van der Waals surface area contributed by atoms with Crippen molar-refractivity contribution in [3.63, 3.8) is 0 Å². The van der Waals surface area contributed by atoms with Gasteiger partial charge in [-0.2, -0.15) is 0 Å². The van der Waals surface area contributed by atoms with Gasteiger partial charge >= 0.3 is 0 Å². The minimum absolute atomic E-state index is 0.0250. The average Bonchev–Trinajstić information content (AvgIpc) is 2.44. The van der Waals surface area contributed by atoms with Crippen LogP contribution in [0.4, 0.5) is 0 Å².